The Morgan fingerprint density at radius 2 is 2.07 bits per heavy atom. The molecule has 1 aromatic heterocycles. The van der Waals surface area contributed by atoms with E-state index in [1.807, 2.05) is 30.5 Å². The summed E-state index contributed by atoms with van der Waals surface area (Å²) in [5.41, 5.74) is 1.50. The number of ether oxygens (including phenoxy) is 1. The maximum atomic E-state index is 12.6. The van der Waals surface area contributed by atoms with E-state index < -0.39 is 0 Å². The molecule has 1 fully saturated rings. The number of nitrogens with one attached hydrogen (secondary N) is 1. The molecule has 146 valence electrons. The Hall–Kier alpha value is -1.92. The Morgan fingerprint density at radius 3 is 2.78 bits per heavy atom. The number of piperidine rings is 1. The Kier molecular flexibility index (Phi) is 6.50. The van der Waals surface area contributed by atoms with Crippen molar-refractivity contribution < 1.29 is 9.53 Å². The van der Waals surface area contributed by atoms with Gasteiger partial charge in [0.1, 0.15) is 12.4 Å². The fourth-order valence-electron chi connectivity index (χ4n) is 3.37. The summed E-state index contributed by atoms with van der Waals surface area (Å²) in [6.45, 7) is 9.66. The van der Waals surface area contributed by atoms with Gasteiger partial charge >= 0.3 is 0 Å². The number of carbonyl (C=O) groups excluding carboxylic acids is 1. The van der Waals surface area contributed by atoms with E-state index in [1.54, 1.807) is 17.4 Å². The molecular weight excluding hydrogens is 358 g/mol. The molecule has 1 saturated heterocycles. The monoisotopic (exact) mass is 387 g/mol. The number of benzene rings is 1. The summed E-state index contributed by atoms with van der Waals surface area (Å²) in [5.74, 6) is 0.624. The second kappa shape index (κ2) is 8.85. The van der Waals surface area contributed by atoms with Crippen LogP contribution in [0.4, 0.5) is 0 Å². The SMILES string of the molecule is Cc1nc(COc2cccc(C(=O)NCC(C)(C)N3CCCCC3)c2)cs1. The predicted octanol–water partition coefficient (Wildman–Crippen LogP) is 4.02. The minimum Gasteiger partial charge on any atom is -0.487 e. The highest BCUT2D eigenvalue weighted by molar-refractivity contribution is 7.09. The van der Waals surface area contributed by atoms with Gasteiger partial charge in [0.2, 0.25) is 0 Å². The average molecular weight is 388 g/mol. The number of amides is 1. The second-order valence-electron chi connectivity index (χ2n) is 7.72. The Bertz CT molecular complexity index is 766. The van der Waals surface area contributed by atoms with E-state index in [1.165, 1.54) is 19.3 Å². The fourth-order valence-corrected chi connectivity index (χ4v) is 3.97. The van der Waals surface area contributed by atoms with Crippen molar-refractivity contribution in [2.24, 2.45) is 0 Å². The number of aromatic nitrogens is 1. The molecule has 1 amide bonds. The molecule has 0 radical (unpaired) electrons. The molecule has 3 rings (SSSR count). The zero-order valence-corrected chi connectivity index (χ0v) is 17.3. The van der Waals surface area contributed by atoms with Gasteiger partial charge in [0.15, 0.2) is 0 Å². The van der Waals surface area contributed by atoms with Crippen LogP contribution in [0, 0.1) is 6.92 Å². The number of aryl methyl sites for hydroxylation is 1. The van der Waals surface area contributed by atoms with Crippen LogP contribution in [0.2, 0.25) is 0 Å². The van der Waals surface area contributed by atoms with Crippen LogP contribution in [-0.4, -0.2) is 41.0 Å². The third-order valence-electron chi connectivity index (χ3n) is 5.04. The van der Waals surface area contributed by atoms with Crippen molar-refractivity contribution in [1.29, 1.82) is 0 Å². The first-order valence-electron chi connectivity index (χ1n) is 9.61. The highest BCUT2D eigenvalue weighted by Gasteiger charge is 2.28. The summed E-state index contributed by atoms with van der Waals surface area (Å²) in [5, 5.41) is 6.11. The van der Waals surface area contributed by atoms with Gasteiger partial charge in [0.25, 0.3) is 5.91 Å². The van der Waals surface area contributed by atoms with E-state index in [-0.39, 0.29) is 11.4 Å². The molecule has 2 aromatic rings. The summed E-state index contributed by atoms with van der Waals surface area (Å²) in [6, 6.07) is 7.34. The van der Waals surface area contributed by atoms with Crippen molar-refractivity contribution in [3.8, 4) is 5.75 Å². The fraction of sp³-hybridized carbons (Fsp3) is 0.524. The van der Waals surface area contributed by atoms with Crippen molar-refractivity contribution >= 4 is 17.2 Å². The van der Waals surface area contributed by atoms with E-state index in [0.29, 0.717) is 24.5 Å². The summed E-state index contributed by atoms with van der Waals surface area (Å²) in [4.78, 5) is 19.5. The van der Waals surface area contributed by atoms with Crippen LogP contribution >= 0.6 is 11.3 Å². The number of hydrogen-bond acceptors (Lipinski definition) is 5. The molecule has 0 aliphatic carbocycles. The van der Waals surface area contributed by atoms with Gasteiger partial charge in [-0.25, -0.2) is 4.98 Å². The lowest BCUT2D eigenvalue weighted by Crippen LogP contribution is -2.53. The molecule has 27 heavy (non-hydrogen) atoms. The van der Waals surface area contributed by atoms with E-state index in [4.69, 9.17) is 4.74 Å². The first-order valence-corrected chi connectivity index (χ1v) is 10.5. The normalized spacial score (nSPS) is 15.5. The minimum atomic E-state index is -0.0602. The molecule has 0 atom stereocenters. The van der Waals surface area contributed by atoms with Gasteiger partial charge < -0.3 is 10.1 Å². The second-order valence-corrected chi connectivity index (χ2v) is 8.78. The Morgan fingerprint density at radius 1 is 1.30 bits per heavy atom. The van der Waals surface area contributed by atoms with Crippen molar-refractivity contribution in [1.82, 2.24) is 15.2 Å². The first kappa shape index (κ1) is 19.8. The Labute approximate surface area is 165 Å². The number of thiazole rings is 1. The smallest absolute Gasteiger partial charge is 0.251 e. The summed E-state index contributed by atoms with van der Waals surface area (Å²) in [7, 11) is 0. The maximum Gasteiger partial charge on any atom is 0.251 e. The lowest BCUT2D eigenvalue weighted by Gasteiger charge is -2.41. The maximum absolute atomic E-state index is 12.6. The molecule has 0 saturated carbocycles. The first-order chi connectivity index (χ1) is 12.9. The Balaban J connectivity index is 1.54. The molecule has 5 nitrogen and oxygen atoms in total. The zero-order chi connectivity index (χ0) is 19.3. The number of hydrogen-bond donors (Lipinski definition) is 1. The van der Waals surface area contributed by atoms with Crippen LogP contribution in [0.25, 0.3) is 0 Å². The minimum absolute atomic E-state index is 0.0351. The van der Waals surface area contributed by atoms with Crippen molar-refractivity contribution in [3.63, 3.8) is 0 Å². The molecule has 1 N–H and O–H groups in total. The third kappa shape index (κ3) is 5.53. The topological polar surface area (TPSA) is 54.5 Å². The predicted molar refractivity (Wildman–Crippen MR) is 109 cm³/mol. The standard InChI is InChI=1S/C21H29N3O2S/c1-16-23-18(14-27-16)13-26-19-9-7-8-17(12-19)20(25)22-15-21(2,3)24-10-5-4-6-11-24/h7-9,12,14H,4-6,10-11,13,15H2,1-3H3,(H,22,25). The van der Waals surface area contributed by atoms with Crippen molar-refractivity contribution in [3.05, 3.63) is 45.9 Å². The van der Waals surface area contributed by atoms with E-state index >= 15 is 0 Å². The van der Waals surface area contributed by atoms with E-state index in [9.17, 15) is 4.79 Å². The summed E-state index contributed by atoms with van der Waals surface area (Å²) >= 11 is 1.61. The van der Waals surface area contributed by atoms with Crippen LogP contribution in [0.15, 0.2) is 29.6 Å². The number of rotatable bonds is 7. The molecule has 1 aliphatic rings. The van der Waals surface area contributed by atoms with Gasteiger partial charge in [-0.05, 0) is 64.9 Å². The van der Waals surface area contributed by atoms with Crippen molar-refractivity contribution in [2.45, 2.75) is 52.2 Å². The molecular formula is C21H29N3O2S. The van der Waals surface area contributed by atoms with Crippen LogP contribution in [-0.2, 0) is 6.61 Å². The molecule has 1 aliphatic heterocycles. The van der Waals surface area contributed by atoms with Crippen molar-refractivity contribution in [2.75, 3.05) is 19.6 Å². The molecule has 0 unspecified atom stereocenters. The van der Waals surface area contributed by atoms with Crippen LogP contribution in [0.3, 0.4) is 0 Å². The molecule has 6 heteroatoms. The van der Waals surface area contributed by atoms with Crippen LogP contribution in [0.1, 0.15) is 54.2 Å². The highest BCUT2D eigenvalue weighted by Crippen LogP contribution is 2.20. The number of carbonyl (C=O) groups is 1. The van der Waals surface area contributed by atoms with Crippen LogP contribution < -0.4 is 10.1 Å². The van der Waals surface area contributed by atoms with E-state index in [2.05, 4.69) is 29.0 Å². The van der Waals surface area contributed by atoms with E-state index in [0.717, 1.165) is 23.8 Å². The molecule has 0 spiro atoms. The lowest BCUT2D eigenvalue weighted by atomic mass is 9.98. The third-order valence-corrected chi connectivity index (χ3v) is 5.87. The zero-order valence-electron chi connectivity index (χ0n) is 16.5. The molecule has 2 heterocycles. The summed E-state index contributed by atoms with van der Waals surface area (Å²) < 4.78 is 5.79. The number of nitrogens with zero attached hydrogens (tertiary/aromatic N) is 2. The lowest BCUT2D eigenvalue weighted by molar-refractivity contribution is 0.0797. The van der Waals surface area contributed by atoms with Gasteiger partial charge in [-0.15, -0.1) is 11.3 Å². The quantitative estimate of drug-likeness (QED) is 0.779. The van der Waals surface area contributed by atoms with Gasteiger partial charge in [0.05, 0.1) is 10.7 Å². The van der Waals surface area contributed by atoms with Gasteiger partial charge in [-0.1, -0.05) is 12.5 Å². The van der Waals surface area contributed by atoms with Crippen LogP contribution in [0.5, 0.6) is 5.75 Å². The van der Waals surface area contributed by atoms with Gasteiger partial charge in [-0.2, -0.15) is 0 Å². The largest absolute Gasteiger partial charge is 0.487 e. The van der Waals surface area contributed by atoms with Gasteiger partial charge in [0, 0.05) is 23.0 Å². The average Bonchev–Trinajstić information content (AvgIpc) is 3.11. The number of likely N-dealkylation sites (tertiary alicyclic amines) is 1. The summed E-state index contributed by atoms with van der Waals surface area (Å²) in [6.07, 6.45) is 3.80. The molecule has 1 aromatic carbocycles. The highest BCUT2D eigenvalue weighted by atomic mass is 32.1. The van der Waals surface area contributed by atoms with Gasteiger partial charge in [-0.3, -0.25) is 9.69 Å². The molecule has 0 bridgehead atoms.